The van der Waals surface area contributed by atoms with Crippen LogP contribution in [0.4, 0.5) is 5.69 Å². The largest absolute Gasteiger partial charge is 0.350 e. The van der Waals surface area contributed by atoms with E-state index in [0.29, 0.717) is 18.5 Å². The number of nitrogens with one attached hydrogen (secondary N) is 1. The lowest BCUT2D eigenvalue weighted by molar-refractivity contribution is -0.117. The smallest absolute Gasteiger partial charge is 0.251 e. The summed E-state index contributed by atoms with van der Waals surface area (Å²) in [6, 6.07) is 16.2. The van der Waals surface area contributed by atoms with E-state index in [1.165, 1.54) is 11.1 Å². The molecule has 0 aliphatic carbocycles. The summed E-state index contributed by atoms with van der Waals surface area (Å²) in [5.74, 6) is 0.0503. The Hall–Kier alpha value is -2.66. The third-order valence-electron chi connectivity index (χ3n) is 5.83. The third kappa shape index (κ3) is 3.94. The maximum atomic E-state index is 12.6. The first-order valence-electron chi connectivity index (χ1n) is 10.1. The van der Waals surface area contributed by atoms with Crippen LogP contribution < -0.4 is 10.2 Å². The highest BCUT2D eigenvalue weighted by Crippen LogP contribution is 2.23. The highest BCUT2D eigenvalue weighted by molar-refractivity contribution is 5.99. The highest BCUT2D eigenvalue weighted by Gasteiger charge is 2.23. The lowest BCUT2D eigenvalue weighted by atomic mass is 9.99. The van der Waals surface area contributed by atoms with Crippen molar-refractivity contribution in [3.8, 4) is 0 Å². The first-order valence-corrected chi connectivity index (χ1v) is 10.1. The minimum atomic E-state index is -0.0854. The lowest BCUT2D eigenvalue weighted by Gasteiger charge is -2.33. The van der Waals surface area contributed by atoms with Gasteiger partial charge in [-0.25, -0.2) is 0 Å². The van der Waals surface area contributed by atoms with Crippen LogP contribution in [0.3, 0.4) is 0 Å². The Morgan fingerprint density at radius 2 is 1.89 bits per heavy atom. The zero-order valence-corrected chi connectivity index (χ0v) is 16.4. The molecular formula is C23H27N3O2. The summed E-state index contributed by atoms with van der Waals surface area (Å²) >= 11 is 0. The fraction of sp³-hybridized carbons (Fsp3) is 0.391. The van der Waals surface area contributed by atoms with Gasteiger partial charge in [0.2, 0.25) is 5.91 Å². The van der Waals surface area contributed by atoms with Crippen LogP contribution in [0.5, 0.6) is 0 Å². The second-order valence-corrected chi connectivity index (χ2v) is 7.75. The Bertz CT molecular complexity index is 880. The van der Waals surface area contributed by atoms with E-state index in [4.69, 9.17) is 0 Å². The number of carbonyl (C=O) groups excluding carboxylic acids is 2. The van der Waals surface area contributed by atoms with Crippen molar-refractivity contribution < 1.29 is 9.59 Å². The number of fused-ring (bicyclic) bond motifs is 1. The van der Waals surface area contributed by atoms with Gasteiger partial charge in [-0.3, -0.25) is 14.5 Å². The van der Waals surface area contributed by atoms with Crippen LogP contribution in [0.1, 0.15) is 41.3 Å². The molecule has 2 amide bonds. The van der Waals surface area contributed by atoms with Crippen molar-refractivity contribution in [2.75, 3.05) is 24.5 Å². The predicted molar refractivity (Wildman–Crippen MR) is 110 cm³/mol. The fourth-order valence-corrected chi connectivity index (χ4v) is 4.10. The van der Waals surface area contributed by atoms with E-state index >= 15 is 0 Å². The number of nitrogens with zero attached hydrogens (tertiary/aromatic N) is 2. The molecule has 146 valence electrons. The van der Waals surface area contributed by atoms with Crippen molar-refractivity contribution >= 4 is 17.5 Å². The first-order chi connectivity index (χ1) is 13.6. The standard InChI is InChI=1S/C23H27N3O2/c1-17(25-13-11-18-6-2-3-7-20(18)16-25)15-24-23(28)19-8-4-9-21(14-19)26-12-5-10-22(26)27/h2-4,6-9,14,17H,5,10-13,15-16H2,1H3,(H,24,28)/t17-/m1/s1. The van der Waals surface area contributed by atoms with E-state index in [2.05, 4.69) is 41.4 Å². The topological polar surface area (TPSA) is 52.7 Å². The predicted octanol–water partition coefficient (Wildman–Crippen LogP) is 2.99. The average Bonchev–Trinajstić information content (AvgIpc) is 3.17. The summed E-state index contributed by atoms with van der Waals surface area (Å²) in [7, 11) is 0. The molecule has 1 saturated heterocycles. The molecule has 1 atom stereocenters. The third-order valence-corrected chi connectivity index (χ3v) is 5.83. The molecule has 2 heterocycles. The van der Waals surface area contributed by atoms with Gasteiger partial charge in [0.1, 0.15) is 0 Å². The lowest BCUT2D eigenvalue weighted by Crippen LogP contribution is -2.44. The molecule has 1 fully saturated rings. The monoisotopic (exact) mass is 377 g/mol. The summed E-state index contributed by atoms with van der Waals surface area (Å²) in [6.45, 7) is 5.44. The molecule has 5 nitrogen and oxygen atoms in total. The van der Waals surface area contributed by atoms with Gasteiger partial charge in [-0.05, 0) is 49.1 Å². The molecule has 1 N–H and O–H groups in total. The van der Waals surface area contributed by atoms with Crippen molar-refractivity contribution in [1.29, 1.82) is 0 Å². The maximum absolute atomic E-state index is 12.6. The van der Waals surface area contributed by atoms with Crippen molar-refractivity contribution in [2.24, 2.45) is 0 Å². The fourth-order valence-electron chi connectivity index (χ4n) is 4.10. The second-order valence-electron chi connectivity index (χ2n) is 7.75. The van der Waals surface area contributed by atoms with E-state index in [1.807, 2.05) is 18.2 Å². The number of hydrogen-bond acceptors (Lipinski definition) is 3. The van der Waals surface area contributed by atoms with Crippen molar-refractivity contribution in [1.82, 2.24) is 10.2 Å². The normalized spacial score (nSPS) is 18.0. The van der Waals surface area contributed by atoms with Crippen molar-refractivity contribution in [3.05, 3.63) is 65.2 Å². The SMILES string of the molecule is C[C@H](CNC(=O)c1cccc(N2CCCC2=O)c1)N1CCc2ccccc2C1. The Morgan fingerprint density at radius 3 is 2.68 bits per heavy atom. The van der Waals surface area contributed by atoms with Crippen LogP contribution in [0.15, 0.2) is 48.5 Å². The van der Waals surface area contributed by atoms with E-state index in [-0.39, 0.29) is 17.9 Å². The van der Waals surface area contributed by atoms with E-state index in [9.17, 15) is 9.59 Å². The molecule has 0 spiro atoms. The summed E-state index contributed by atoms with van der Waals surface area (Å²) in [6.07, 6.45) is 2.53. The Morgan fingerprint density at radius 1 is 1.07 bits per heavy atom. The van der Waals surface area contributed by atoms with Crippen molar-refractivity contribution in [2.45, 2.75) is 38.8 Å². The molecular weight excluding hydrogens is 350 g/mol. The molecule has 0 unspecified atom stereocenters. The van der Waals surface area contributed by atoms with Gasteiger partial charge in [-0.1, -0.05) is 30.3 Å². The zero-order chi connectivity index (χ0) is 19.5. The molecule has 2 aromatic carbocycles. The molecule has 0 radical (unpaired) electrons. The summed E-state index contributed by atoms with van der Waals surface area (Å²) in [4.78, 5) is 28.8. The quantitative estimate of drug-likeness (QED) is 0.872. The van der Waals surface area contributed by atoms with Crippen LogP contribution in [0, 0.1) is 0 Å². The van der Waals surface area contributed by atoms with Gasteiger partial charge in [0.25, 0.3) is 5.91 Å². The molecule has 5 heteroatoms. The Labute approximate surface area is 166 Å². The molecule has 2 aliphatic heterocycles. The molecule has 28 heavy (non-hydrogen) atoms. The van der Waals surface area contributed by atoms with Gasteiger partial charge in [-0.2, -0.15) is 0 Å². The average molecular weight is 377 g/mol. The Balaban J connectivity index is 1.35. The van der Waals surface area contributed by atoms with Crippen LogP contribution in [0.2, 0.25) is 0 Å². The summed E-state index contributed by atoms with van der Waals surface area (Å²) in [5.41, 5.74) is 4.24. The van der Waals surface area contributed by atoms with Gasteiger partial charge in [0.15, 0.2) is 0 Å². The van der Waals surface area contributed by atoms with Gasteiger partial charge in [0, 0.05) is 49.9 Å². The zero-order valence-electron chi connectivity index (χ0n) is 16.4. The summed E-state index contributed by atoms with van der Waals surface area (Å²) < 4.78 is 0. The number of amides is 2. The second kappa shape index (κ2) is 8.15. The van der Waals surface area contributed by atoms with Gasteiger partial charge in [-0.15, -0.1) is 0 Å². The Kier molecular flexibility index (Phi) is 5.44. The molecule has 0 bridgehead atoms. The summed E-state index contributed by atoms with van der Waals surface area (Å²) in [5, 5.41) is 3.06. The van der Waals surface area contributed by atoms with Gasteiger partial charge < -0.3 is 10.2 Å². The van der Waals surface area contributed by atoms with E-state index < -0.39 is 0 Å². The number of hydrogen-bond donors (Lipinski definition) is 1. The van der Waals surface area contributed by atoms with Crippen LogP contribution in [0.25, 0.3) is 0 Å². The number of rotatable bonds is 5. The van der Waals surface area contributed by atoms with Crippen LogP contribution >= 0.6 is 0 Å². The van der Waals surface area contributed by atoms with Crippen molar-refractivity contribution in [3.63, 3.8) is 0 Å². The molecule has 0 saturated carbocycles. The number of benzene rings is 2. The van der Waals surface area contributed by atoms with Crippen LogP contribution in [-0.2, 0) is 17.8 Å². The molecule has 2 aliphatic rings. The maximum Gasteiger partial charge on any atom is 0.251 e. The van der Waals surface area contributed by atoms with Crippen LogP contribution in [-0.4, -0.2) is 42.4 Å². The number of anilines is 1. The highest BCUT2D eigenvalue weighted by atomic mass is 16.2. The first kappa shape index (κ1) is 18.7. The van der Waals surface area contributed by atoms with E-state index in [1.54, 1.807) is 11.0 Å². The molecule has 0 aromatic heterocycles. The minimum Gasteiger partial charge on any atom is -0.350 e. The minimum absolute atomic E-state index is 0.0854. The molecule has 4 rings (SSSR count). The van der Waals surface area contributed by atoms with Gasteiger partial charge in [0.05, 0.1) is 0 Å². The molecule has 2 aromatic rings. The van der Waals surface area contributed by atoms with Gasteiger partial charge >= 0.3 is 0 Å². The van der Waals surface area contributed by atoms with E-state index in [0.717, 1.165) is 38.2 Å². The number of carbonyl (C=O) groups is 2.